The van der Waals surface area contributed by atoms with E-state index in [1.807, 2.05) is 12.1 Å². The van der Waals surface area contributed by atoms with E-state index in [0.29, 0.717) is 12.2 Å². The Balaban J connectivity index is 1.51. The number of carbonyl (C=O) groups excluding carboxylic acids is 1. The molecule has 5 nitrogen and oxygen atoms in total. The lowest BCUT2D eigenvalue weighted by Gasteiger charge is -2.30. The number of ether oxygens (including phenoxy) is 1. The molecule has 130 valence electrons. The molecule has 1 unspecified atom stereocenters. The number of fused-ring (bicyclic) bond motifs is 1. The summed E-state index contributed by atoms with van der Waals surface area (Å²) in [5.74, 6) is 0.694. The molecule has 1 aromatic carbocycles. The van der Waals surface area contributed by atoms with E-state index in [4.69, 9.17) is 4.74 Å². The maximum absolute atomic E-state index is 12.4. The van der Waals surface area contributed by atoms with Crippen LogP contribution < -0.4 is 10.2 Å². The number of benzene rings is 1. The predicted octanol–water partition coefficient (Wildman–Crippen LogP) is 3.07. The van der Waals surface area contributed by atoms with Crippen LogP contribution in [0.1, 0.15) is 35.3 Å². The van der Waals surface area contributed by atoms with E-state index in [-0.39, 0.29) is 12.0 Å². The van der Waals surface area contributed by atoms with Crippen LogP contribution >= 0.6 is 0 Å². The summed E-state index contributed by atoms with van der Waals surface area (Å²) in [5, 5.41) is 2.95. The van der Waals surface area contributed by atoms with Crippen molar-refractivity contribution in [3.63, 3.8) is 0 Å². The molecular formula is C20H23N3O2. The van der Waals surface area contributed by atoms with Crippen molar-refractivity contribution >= 4 is 17.4 Å². The number of rotatable bonds is 4. The molecule has 1 amide bonds. The molecular weight excluding hydrogens is 314 g/mol. The maximum Gasteiger partial charge on any atom is 0.270 e. The van der Waals surface area contributed by atoms with Crippen LogP contribution in [0, 0.1) is 0 Å². The fraction of sp³-hybridized carbons (Fsp3) is 0.400. The fourth-order valence-corrected chi connectivity index (χ4v) is 3.57. The van der Waals surface area contributed by atoms with E-state index in [9.17, 15) is 4.79 Å². The number of para-hydroxylation sites is 1. The van der Waals surface area contributed by atoms with Crippen molar-refractivity contribution in [3.8, 4) is 0 Å². The second-order valence-corrected chi connectivity index (χ2v) is 6.61. The number of nitrogens with zero attached hydrogens (tertiary/aromatic N) is 2. The van der Waals surface area contributed by atoms with Gasteiger partial charge < -0.3 is 15.0 Å². The quantitative estimate of drug-likeness (QED) is 0.931. The van der Waals surface area contributed by atoms with E-state index >= 15 is 0 Å². The Morgan fingerprint density at radius 2 is 2.12 bits per heavy atom. The lowest BCUT2D eigenvalue weighted by molar-refractivity contribution is 0.0854. The van der Waals surface area contributed by atoms with Gasteiger partial charge in [0.15, 0.2) is 0 Å². The van der Waals surface area contributed by atoms with E-state index in [1.54, 1.807) is 6.07 Å². The molecule has 2 aliphatic rings. The van der Waals surface area contributed by atoms with Gasteiger partial charge in [0.05, 0.1) is 6.10 Å². The average Bonchev–Trinajstić information content (AvgIpc) is 3.19. The van der Waals surface area contributed by atoms with Gasteiger partial charge in [-0.15, -0.1) is 0 Å². The van der Waals surface area contributed by atoms with Gasteiger partial charge >= 0.3 is 0 Å². The lowest BCUT2D eigenvalue weighted by Crippen LogP contribution is -2.32. The number of aryl methyl sites for hydroxylation is 1. The van der Waals surface area contributed by atoms with Gasteiger partial charge in [0.1, 0.15) is 11.5 Å². The monoisotopic (exact) mass is 337 g/mol. The Labute approximate surface area is 148 Å². The van der Waals surface area contributed by atoms with Gasteiger partial charge in [-0.25, -0.2) is 4.98 Å². The summed E-state index contributed by atoms with van der Waals surface area (Å²) in [6.07, 6.45) is 4.41. The molecule has 2 aromatic rings. The molecule has 0 saturated carbocycles. The highest BCUT2D eigenvalue weighted by Crippen LogP contribution is 2.32. The number of anilines is 2. The third-order valence-corrected chi connectivity index (χ3v) is 4.87. The summed E-state index contributed by atoms with van der Waals surface area (Å²) in [4.78, 5) is 19.3. The molecule has 2 aliphatic heterocycles. The van der Waals surface area contributed by atoms with Gasteiger partial charge in [0, 0.05) is 25.4 Å². The number of aromatic nitrogens is 1. The molecule has 1 atom stereocenters. The minimum atomic E-state index is -0.136. The molecule has 25 heavy (non-hydrogen) atoms. The molecule has 1 saturated heterocycles. The van der Waals surface area contributed by atoms with E-state index in [0.717, 1.165) is 44.7 Å². The first-order valence-corrected chi connectivity index (χ1v) is 9.03. The summed E-state index contributed by atoms with van der Waals surface area (Å²) in [7, 11) is 0. The average molecular weight is 337 g/mol. The summed E-state index contributed by atoms with van der Waals surface area (Å²) in [6, 6.07) is 14.1. The highest BCUT2D eigenvalue weighted by Gasteiger charge is 2.20. The number of amides is 1. The van der Waals surface area contributed by atoms with Gasteiger partial charge in [0.2, 0.25) is 0 Å². The number of pyridine rings is 1. The molecule has 0 spiro atoms. The highest BCUT2D eigenvalue weighted by atomic mass is 16.5. The number of hydrogen-bond donors (Lipinski definition) is 1. The Bertz CT molecular complexity index is 756. The summed E-state index contributed by atoms with van der Waals surface area (Å²) < 4.78 is 5.55. The maximum atomic E-state index is 12.4. The molecule has 1 aromatic heterocycles. The molecule has 0 bridgehead atoms. The first kappa shape index (κ1) is 16.1. The minimum Gasteiger partial charge on any atom is -0.376 e. The molecule has 0 aliphatic carbocycles. The third-order valence-electron chi connectivity index (χ3n) is 4.87. The Hall–Kier alpha value is -2.40. The van der Waals surface area contributed by atoms with Crippen LogP contribution in [0.5, 0.6) is 0 Å². The zero-order valence-electron chi connectivity index (χ0n) is 14.3. The zero-order chi connectivity index (χ0) is 17.1. The van der Waals surface area contributed by atoms with Gasteiger partial charge in [-0.1, -0.05) is 24.3 Å². The SMILES string of the molecule is O=C(NCC1CCCO1)c1cccc(N2CCCc3ccccc32)n1. The molecule has 5 heteroatoms. The number of nitrogens with one attached hydrogen (secondary N) is 1. The van der Waals surface area contributed by atoms with E-state index < -0.39 is 0 Å². The number of hydrogen-bond acceptors (Lipinski definition) is 4. The summed E-state index contributed by atoms with van der Waals surface area (Å²) in [5.41, 5.74) is 2.99. The van der Waals surface area contributed by atoms with Crippen LogP contribution in [0.3, 0.4) is 0 Å². The standard InChI is InChI=1S/C20H23N3O2/c24-20(21-14-16-8-5-13-25-16)17-9-3-11-19(22-17)23-12-4-7-15-6-1-2-10-18(15)23/h1-3,6,9-11,16H,4-5,7-8,12-14H2,(H,21,24). The first-order chi connectivity index (χ1) is 12.3. The molecule has 3 heterocycles. The molecule has 4 rings (SSSR count). The normalized spacial score (nSPS) is 19.5. The van der Waals surface area contributed by atoms with E-state index in [1.165, 1.54) is 11.3 Å². The van der Waals surface area contributed by atoms with Crippen LogP contribution in [0.4, 0.5) is 11.5 Å². The van der Waals surface area contributed by atoms with Crippen molar-refractivity contribution in [3.05, 3.63) is 53.7 Å². The van der Waals surface area contributed by atoms with Crippen molar-refractivity contribution in [2.75, 3.05) is 24.6 Å². The highest BCUT2D eigenvalue weighted by molar-refractivity contribution is 5.92. The van der Waals surface area contributed by atoms with Crippen LogP contribution in [0.25, 0.3) is 0 Å². The summed E-state index contributed by atoms with van der Waals surface area (Å²) >= 11 is 0. The van der Waals surface area contributed by atoms with Gasteiger partial charge in [-0.2, -0.15) is 0 Å². The lowest BCUT2D eigenvalue weighted by atomic mass is 10.0. The van der Waals surface area contributed by atoms with Crippen LogP contribution in [-0.2, 0) is 11.2 Å². The Morgan fingerprint density at radius 1 is 1.20 bits per heavy atom. The Kier molecular flexibility index (Phi) is 4.65. The zero-order valence-corrected chi connectivity index (χ0v) is 14.3. The Morgan fingerprint density at radius 3 is 3.00 bits per heavy atom. The fourth-order valence-electron chi connectivity index (χ4n) is 3.57. The van der Waals surface area contributed by atoms with Crippen molar-refractivity contribution in [1.82, 2.24) is 10.3 Å². The molecule has 1 N–H and O–H groups in total. The topological polar surface area (TPSA) is 54.5 Å². The van der Waals surface area contributed by atoms with Crippen molar-refractivity contribution in [2.24, 2.45) is 0 Å². The second-order valence-electron chi connectivity index (χ2n) is 6.61. The van der Waals surface area contributed by atoms with Crippen LogP contribution in [-0.4, -0.2) is 36.7 Å². The number of carbonyl (C=O) groups is 1. The third kappa shape index (κ3) is 3.51. The van der Waals surface area contributed by atoms with Gasteiger partial charge in [-0.05, 0) is 49.4 Å². The van der Waals surface area contributed by atoms with Crippen molar-refractivity contribution in [2.45, 2.75) is 31.8 Å². The van der Waals surface area contributed by atoms with E-state index in [2.05, 4.69) is 39.5 Å². The van der Waals surface area contributed by atoms with Crippen molar-refractivity contribution in [1.29, 1.82) is 0 Å². The first-order valence-electron chi connectivity index (χ1n) is 9.03. The predicted molar refractivity (Wildman–Crippen MR) is 97.3 cm³/mol. The molecule has 1 fully saturated rings. The van der Waals surface area contributed by atoms with Crippen LogP contribution in [0.15, 0.2) is 42.5 Å². The van der Waals surface area contributed by atoms with Gasteiger partial charge in [0.25, 0.3) is 5.91 Å². The van der Waals surface area contributed by atoms with Crippen LogP contribution in [0.2, 0.25) is 0 Å². The molecule has 0 radical (unpaired) electrons. The van der Waals surface area contributed by atoms with Gasteiger partial charge in [-0.3, -0.25) is 4.79 Å². The minimum absolute atomic E-state index is 0.136. The smallest absolute Gasteiger partial charge is 0.270 e. The second kappa shape index (κ2) is 7.23. The largest absolute Gasteiger partial charge is 0.376 e. The summed E-state index contributed by atoms with van der Waals surface area (Å²) in [6.45, 7) is 2.27. The van der Waals surface area contributed by atoms with Crippen molar-refractivity contribution < 1.29 is 9.53 Å².